The summed E-state index contributed by atoms with van der Waals surface area (Å²) in [6.45, 7) is 0.912. The Labute approximate surface area is 163 Å². The van der Waals surface area contributed by atoms with Gasteiger partial charge >= 0.3 is 6.03 Å². The third-order valence-corrected chi connectivity index (χ3v) is 5.66. The van der Waals surface area contributed by atoms with Crippen LogP contribution in [0, 0.1) is 11.8 Å². The molecule has 0 aromatic heterocycles. The molecule has 1 heterocycles. The summed E-state index contributed by atoms with van der Waals surface area (Å²) in [5.74, 6) is -0.743. The molecule has 1 aromatic rings. The fraction of sp³-hybridized carbons (Fsp3) is 0.526. The molecule has 1 aromatic carbocycles. The summed E-state index contributed by atoms with van der Waals surface area (Å²) >= 11 is 6.12. The summed E-state index contributed by atoms with van der Waals surface area (Å²) in [6.07, 6.45) is 1.67. The number of methoxy groups -OCH3 is 1. The van der Waals surface area contributed by atoms with Gasteiger partial charge in [0.2, 0.25) is 11.8 Å². The largest absolute Gasteiger partial charge is 0.383 e. The number of rotatable bonds is 6. The Kier molecular flexibility index (Phi) is 6.34. The lowest BCUT2D eigenvalue weighted by Crippen LogP contribution is -2.62. The van der Waals surface area contributed by atoms with Crippen molar-refractivity contribution in [2.75, 3.05) is 20.3 Å². The van der Waals surface area contributed by atoms with E-state index < -0.39 is 6.03 Å². The summed E-state index contributed by atoms with van der Waals surface area (Å²) in [7, 11) is 1.53. The summed E-state index contributed by atoms with van der Waals surface area (Å²) < 4.78 is 4.96. The second-order valence-electron chi connectivity index (χ2n) is 6.96. The number of carbonyl (C=O) groups is 3. The Hall–Kier alpha value is -2.12. The van der Waals surface area contributed by atoms with Gasteiger partial charge in [-0.1, -0.05) is 29.8 Å². The predicted octanol–water partition coefficient (Wildman–Crippen LogP) is 1.94. The van der Waals surface area contributed by atoms with E-state index in [1.54, 1.807) is 6.07 Å². The number of nitrogens with one attached hydrogen (secondary N) is 2. The van der Waals surface area contributed by atoms with Gasteiger partial charge in [0, 0.05) is 30.6 Å². The van der Waals surface area contributed by atoms with Crippen LogP contribution < -0.4 is 10.6 Å². The highest BCUT2D eigenvalue weighted by atomic mass is 35.5. The Bertz CT molecular complexity index is 727. The SMILES string of the molecule is COCCN1C(=O)NC2CC(C(=O)NCc3ccccc3Cl)CCC2C1=O. The molecule has 7 nitrogen and oxygen atoms in total. The van der Waals surface area contributed by atoms with Crippen molar-refractivity contribution >= 4 is 29.4 Å². The lowest BCUT2D eigenvalue weighted by molar-refractivity contribution is -0.139. The molecule has 0 radical (unpaired) electrons. The minimum absolute atomic E-state index is 0.0723. The second-order valence-corrected chi connectivity index (χ2v) is 7.37. The molecular formula is C19H24ClN3O4. The summed E-state index contributed by atoms with van der Waals surface area (Å²) in [4.78, 5) is 38.6. The molecule has 1 aliphatic heterocycles. The quantitative estimate of drug-likeness (QED) is 0.773. The molecule has 2 N–H and O–H groups in total. The van der Waals surface area contributed by atoms with Crippen molar-refractivity contribution < 1.29 is 19.1 Å². The van der Waals surface area contributed by atoms with Crippen molar-refractivity contribution in [2.24, 2.45) is 11.8 Å². The highest BCUT2D eigenvalue weighted by Crippen LogP contribution is 2.33. The molecule has 4 amide bonds. The number of hydrogen-bond donors (Lipinski definition) is 2. The van der Waals surface area contributed by atoms with Crippen LogP contribution >= 0.6 is 11.6 Å². The first-order valence-electron chi connectivity index (χ1n) is 9.13. The van der Waals surface area contributed by atoms with Gasteiger partial charge in [0.25, 0.3) is 0 Å². The second kappa shape index (κ2) is 8.71. The van der Waals surface area contributed by atoms with Gasteiger partial charge in [0.15, 0.2) is 0 Å². The van der Waals surface area contributed by atoms with Crippen LogP contribution in [0.1, 0.15) is 24.8 Å². The van der Waals surface area contributed by atoms with E-state index in [1.165, 1.54) is 12.0 Å². The van der Waals surface area contributed by atoms with Crippen LogP contribution in [0.4, 0.5) is 4.79 Å². The molecule has 1 saturated heterocycles. The Morgan fingerprint density at radius 2 is 2.11 bits per heavy atom. The molecule has 1 saturated carbocycles. The van der Waals surface area contributed by atoms with Crippen LogP contribution in [-0.4, -0.2) is 49.0 Å². The van der Waals surface area contributed by atoms with Crippen molar-refractivity contribution in [3.05, 3.63) is 34.9 Å². The Balaban J connectivity index is 1.56. The van der Waals surface area contributed by atoms with E-state index in [-0.39, 0.29) is 36.2 Å². The number of fused-ring (bicyclic) bond motifs is 1. The zero-order chi connectivity index (χ0) is 19.4. The van der Waals surface area contributed by atoms with Crippen LogP contribution in [0.3, 0.4) is 0 Å². The van der Waals surface area contributed by atoms with Crippen LogP contribution in [0.25, 0.3) is 0 Å². The molecule has 3 atom stereocenters. The summed E-state index contributed by atoms with van der Waals surface area (Å²) in [6, 6.07) is 6.66. The lowest BCUT2D eigenvalue weighted by atomic mass is 9.76. The molecule has 27 heavy (non-hydrogen) atoms. The van der Waals surface area contributed by atoms with E-state index in [1.807, 2.05) is 18.2 Å². The first-order chi connectivity index (χ1) is 13.0. The zero-order valence-corrected chi connectivity index (χ0v) is 16.0. The average molecular weight is 394 g/mol. The third-order valence-electron chi connectivity index (χ3n) is 5.29. The average Bonchev–Trinajstić information content (AvgIpc) is 2.66. The standard InChI is InChI=1S/C19H24ClN3O4/c1-27-9-8-23-18(25)14-7-6-12(10-16(14)22-19(23)26)17(24)21-11-13-4-2-3-5-15(13)20/h2-5,12,14,16H,6-11H2,1H3,(H,21,24)(H,22,26). The van der Waals surface area contributed by atoms with Crippen LogP contribution in [-0.2, 0) is 20.9 Å². The maximum Gasteiger partial charge on any atom is 0.324 e. The predicted molar refractivity (Wildman–Crippen MR) is 100 cm³/mol. The van der Waals surface area contributed by atoms with E-state index in [2.05, 4.69) is 10.6 Å². The minimum Gasteiger partial charge on any atom is -0.383 e. The molecule has 2 aliphatic rings. The molecule has 0 bridgehead atoms. The van der Waals surface area contributed by atoms with Crippen LogP contribution in [0.15, 0.2) is 24.3 Å². The van der Waals surface area contributed by atoms with E-state index in [0.29, 0.717) is 37.4 Å². The van der Waals surface area contributed by atoms with Gasteiger partial charge in [-0.3, -0.25) is 14.5 Å². The molecule has 1 aliphatic carbocycles. The number of imide groups is 1. The maximum absolute atomic E-state index is 12.6. The monoisotopic (exact) mass is 393 g/mol. The molecular weight excluding hydrogens is 370 g/mol. The molecule has 8 heteroatoms. The number of halogens is 1. The highest BCUT2D eigenvalue weighted by Gasteiger charge is 2.45. The van der Waals surface area contributed by atoms with Crippen molar-refractivity contribution in [1.29, 1.82) is 0 Å². The Morgan fingerprint density at radius 1 is 1.33 bits per heavy atom. The topological polar surface area (TPSA) is 87.7 Å². The first kappa shape index (κ1) is 19.6. The third kappa shape index (κ3) is 4.42. The van der Waals surface area contributed by atoms with Gasteiger partial charge < -0.3 is 15.4 Å². The van der Waals surface area contributed by atoms with Crippen molar-refractivity contribution in [1.82, 2.24) is 15.5 Å². The van der Waals surface area contributed by atoms with Gasteiger partial charge in [-0.15, -0.1) is 0 Å². The van der Waals surface area contributed by atoms with E-state index in [9.17, 15) is 14.4 Å². The van der Waals surface area contributed by atoms with E-state index in [0.717, 1.165) is 5.56 Å². The van der Waals surface area contributed by atoms with Crippen molar-refractivity contribution in [3.8, 4) is 0 Å². The van der Waals surface area contributed by atoms with Crippen molar-refractivity contribution in [3.63, 3.8) is 0 Å². The molecule has 3 rings (SSSR count). The fourth-order valence-electron chi connectivity index (χ4n) is 3.76. The number of nitrogens with zero attached hydrogens (tertiary/aromatic N) is 1. The fourth-order valence-corrected chi connectivity index (χ4v) is 3.97. The van der Waals surface area contributed by atoms with Gasteiger partial charge in [-0.2, -0.15) is 0 Å². The highest BCUT2D eigenvalue weighted by molar-refractivity contribution is 6.31. The first-order valence-corrected chi connectivity index (χ1v) is 9.51. The number of amides is 4. The van der Waals surface area contributed by atoms with E-state index >= 15 is 0 Å². The smallest absolute Gasteiger partial charge is 0.324 e. The Morgan fingerprint density at radius 3 is 2.85 bits per heavy atom. The lowest BCUT2D eigenvalue weighted by Gasteiger charge is -2.41. The summed E-state index contributed by atoms with van der Waals surface area (Å²) in [5.41, 5.74) is 0.858. The summed E-state index contributed by atoms with van der Waals surface area (Å²) in [5, 5.41) is 6.41. The normalized spacial score (nSPS) is 25.0. The zero-order valence-electron chi connectivity index (χ0n) is 15.2. The van der Waals surface area contributed by atoms with Gasteiger partial charge in [-0.25, -0.2) is 4.79 Å². The van der Waals surface area contributed by atoms with Crippen molar-refractivity contribution in [2.45, 2.75) is 31.8 Å². The number of ether oxygens (including phenoxy) is 1. The minimum atomic E-state index is -0.407. The molecule has 146 valence electrons. The van der Waals surface area contributed by atoms with E-state index in [4.69, 9.17) is 16.3 Å². The van der Waals surface area contributed by atoms with Gasteiger partial charge in [-0.05, 0) is 30.9 Å². The van der Waals surface area contributed by atoms with Gasteiger partial charge in [0.05, 0.1) is 19.1 Å². The molecule has 2 fully saturated rings. The van der Waals surface area contributed by atoms with Crippen LogP contribution in [0.5, 0.6) is 0 Å². The number of carbonyl (C=O) groups excluding carboxylic acids is 3. The molecule has 3 unspecified atom stereocenters. The van der Waals surface area contributed by atoms with Gasteiger partial charge in [0.1, 0.15) is 0 Å². The molecule has 0 spiro atoms. The van der Waals surface area contributed by atoms with Crippen LogP contribution in [0.2, 0.25) is 5.02 Å². The number of urea groups is 1. The number of benzene rings is 1. The maximum atomic E-state index is 12.6. The number of hydrogen-bond acceptors (Lipinski definition) is 4.